The summed E-state index contributed by atoms with van der Waals surface area (Å²) < 4.78 is 40.9. The van der Waals surface area contributed by atoms with Gasteiger partial charge in [-0.2, -0.15) is 0 Å². The standard InChI is InChI=1S/C5H10N.BF4/c1-4-5-6(2)3;2-1(3,4)5/h4-5H,1H2,2-3H3;/q+1;-1. The Morgan fingerprint density at radius 3 is 1.45 bits per heavy atom. The van der Waals surface area contributed by atoms with Crippen molar-refractivity contribution in [2.45, 2.75) is 0 Å². The topological polar surface area (TPSA) is 3.01 Å². The molecule has 0 unspecified atom stereocenters. The molecule has 0 atom stereocenters. The van der Waals surface area contributed by atoms with Crippen LogP contribution < -0.4 is 0 Å². The molecule has 0 aliphatic carbocycles. The zero-order chi connectivity index (χ0) is 9.49. The quantitative estimate of drug-likeness (QED) is 0.245. The van der Waals surface area contributed by atoms with Crippen LogP contribution in [0, 0.1) is 0 Å². The molecule has 6 heteroatoms. The number of nitrogens with zero attached hydrogens (tertiary/aromatic N) is 1. The zero-order valence-corrected chi connectivity index (χ0v) is 6.40. The van der Waals surface area contributed by atoms with Crippen molar-refractivity contribution in [3.05, 3.63) is 12.7 Å². The van der Waals surface area contributed by atoms with E-state index in [0.717, 1.165) is 0 Å². The molecule has 1 nitrogen and oxygen atoms in total. The van der Waals surface area contributed by atoms with Gasteiger partial charge in [-0.1, -0.05) is 6.58 Å². The predicted molar refractivity (Wildman–Crippen MR) is 38.6 cm³/mol. The van der Waals surface area contributed by atoms with Gasteiger partial charge in [0.25, 0.3) is 0 Å². The Morgan fingerprint density at radius 2 is 1.45 bits per heavy atom. The summed E-state index contributed by atoms with van der Waals surface area (Å²) in [5, 5.41) is 0. The van der Waals surface area contributed by atoms with Crippen LogP contribution >= 0.6 is 0 Å². The lowest BCUT2D eigenvalue weighted by Crippen LogP contribution is -2.02. The number of hydrogen-bond acceptors (Lipinski definition) is 0. The molecule has 0 aliphatic heterocycles. The van der Waals surface area contributed by atoms with Crippen LogP contribution in [-0.4, -0.2) is 32.1 Å². The monoisotopic (exact) mass is 171 g/mol. The highest BCUT2D eigenvalue weighted by Crippen LogP contribution is 2.06. The van der Waals surface area contributed by atoms with E-state index in [2.05, 4.69) is 6.58 Å². The fourth-order valence-corrected chi connectivity index (χ4v) is 0.211. The first-order chi connectivity index (χ1) is 4.77. The van der Waals surface area contributed by atoms with Gasteiger partial charge in [-0.15, -0.1) is 0 Å². The first-order valence-corrected chi connectivity index (χ1v) is 2.77. The molecule has 0 fully saturated rings. The highest BCUT2D eigenvalue weighted by atomic mass is 19.5. The van der Waals surface area contributed by atoms with Gasteiger partial charge in [-0.05, 0) is 6.08 Å². The van der Waals surface area contributed by atoms with Crippen LogP contribution in [0.4, 0.5) is 17.3 Å². The summed E-state index contributed by atoms with van der Waals surface area (Å²) in [6.07, 6.45) is 3.64. The fraction of sp³-hybridized carbons (Fsp3) is 0.400. The maximum Gasteiger partial charge on any atom is 0.673 e. The Kier molecular flexibility index (Phi) is 6.93. The van der Waals surface area contributed by atoms with Gasteiger partial charge < -0.3 is 17.3 Å². The third-order valence-electron chi connectivity index (χ3n) is 0.404. The van der Waals surface area contributed by atoms with Gasteiger partial charge >= 0.3 is 7.25 Å². The van der Waals surface area contributed by atoms with Crippen molar-refractivity contribution in [3.8, 4) is 0 Å². The summed E-state index contributed by atoms with van der Waals surface area (Å²) in [5.41, 5.74) is 0. The van der Waals surface area contributed by atoms with Crippen LogP contribution in [-0.2, 0) is 0 Å². The summed E-state index contributed by atoms with van der Waals surface area (Å²) in [6.45, 7) is 3.50. The number of allylic oxidation sites excluding steroid dienone is 1. The molecule has 11 heavy (non-hydrogen) atoms. The molecule has 0 bridgehead atoms. The molecular formula is C5H10BF4N. The zero-order valence-electron chi connectivity index (χ0n) is 6.40. The minimum absolute atomic E-state index is 1.75. The molecule has 0 aromatic carbocycles. The van der Waals surface area contributed by atoms with Gasteiger partial charge in [0.2, 0.25) is 0 Å². The maximum atomic E-state index is 9.75. The average molecular weight is 171 g/mol. The molecule has 0 saturated carbocycles. The first-order valence-electron chi connectivity index (χ1n) is 2.77. The minimum atomic E-state index is -6.00. The molecule has 0 N–H and O–H groups in total. The average Bonchev–Trinajstić information content (AvgIpc) is 1.58. The van der Waals surface area contributed by atoms with Crippen LogP contribution in [0.1, 0.15) is 0 Å². The van der Waals surface area contributed by atoms with Crippen molar-refractivity contribution in [2.75, 3.05) is 14.1 Å². The van der Waals surface area contributed by atoms with Crippen molar-refractivity contribution in [3.63, 3.8) is 0 Å². The van der Waals surface area contributed by atoms with E-state index in [1.54, 1.807) is 6.08 Å². The second-order valence-electron chi connectivity index (χ2n) is 1.84. The highest BCUT2D eigenvalue weighted by Gasteiger charge is 2.20. The van der Waals surface area contributed by atoms with E-state index in [0.29, 0.717) is 0 Å². The van der Waals surface area contributed by atoms with Crippen LogP contribution in [0.25, 0.3) is 0 Å². The first kappa shape index (κ1) is 12.8. The lowest BCUT2D eigenvalue weighted by atomic mass is 10.3. The van der Waals surface area contributed by atoms with Gasteiger partial charge in [-0.3, -0.25) is 0 Å². The molecule has 0 aromatic rings. The molecule has 66 valence electrons. The highest BCUT2D eigenvalue weighted by molar-refractivity contribution is 6.50. The molecular weight excluding hydrogens is 161 g/mol. The largest absolute Gasteiger partial charge is 0.673 e. The normalized spacial score (nSPS) is 9.27. The van der Waals surface area contributed by atoms with E-state index in [1.807, 2.05) is 24.9 Å². The van der Waals surface area contributed by atoms with E-state index in [-0.39, 0.29) is 0 Å². The Balaban J connectivity index is 0. The second kappa shape index (κ2) is 5.94. The Bertz CT molecular complexity index is 130. The van der Waals surface area contributed by atoms with Crippen molar-refractivity contribution in [1.29, 1.82) is 0 Å². The van der Waals surface area contributed by atoms with E-state index < -0.39 is 7.25 Å². The van der Waals surface area contributed by atoms with Gasteiger partial charge in [0.15, 0.2) is 6.21 Å². The molecule has 0 saturated heterocycles. The Labute approximate surface area is 63.1 Å². The van der Waals surface area contributed by atoms with Crippen LogP contribution in [0.5, 0.6) is 0 Å². The molecule has 0 rings (SSSR count). The van der Waals surface area contributed by atoms with Crippen LogP contribution in [0.2, 0.25) is 0 Å². The van der Waals surface area contributed by atoms with Crippen molar-refractivity contribution < 1.29 is 21.8 Å². The van der Waals surface area contributed by atoms with Crippen molar-refractivity contribution >= 4 is 13.5 Å². The molecule has 0 aliphatic rings. The van der Waals surface area contributed by atoms with E-state index >= 15 is 0 Å². The van der Waals surface area contributed by atoms with Gasteiger partial charge in [0.1, 0.15) is 14.1 Å². The minimum Gasteiger partial charge on any atom is -0.418 e. The smallest absolute Gasteiger partial charge is 0.418 e. The summed E-state index contributed by atoms with van der Waals surface area (Å²) >= 11 is 0. The van der Waals surface area contributed by atoms with Crippen LogP contribution in [0.15, 0.2) is 12.7 Å². The van der Waals surface area contributed by atoms with Gasteiger partial charge in [0, 0.05) is 0 Å². The van der Waals surface area contributed by atoms with E-state index in [4.69, 9.17) is 0 Å². The lowest BCUT2D eigenvalue weighted by molar-refractivity contribution is -0.458. The number of rotatable bonds is 1. The predicted octanol–water partition coefficient (Wildman–Crippen LogP) is 1.82. The summed E-state index contributed by atoms with van der Waals surface area (Å²) in [6, 6.07) is 0. The summed E-state index contributed by atoms with van der Waals surface area (Å²) in [5.74, 6) is 0. The molecule has 0 spiro atoms. The Hall–Kier alpha value is -0.805. The lowest BCUT2D eigenvalue weighted by Gasteiger charge is -1.94. The third-order valence-corrected chi connectivity index (χ3v) is 0.404. The van der Waals surface area contributed by atoms with Crippen LogP contribution in [0.3, 0.4) is 0 Å². The molecule has 0 radical (unpaired) electrons. The van der Waals surface area contributed by atoms with Gasteiger partial charge in [0.05, 0.1) is 0 Å². The molecule has 0 heterocycles. The maximum absolute atomic E-state index is 9.75. The summed E-state index contributed by atoms with van der Waals surface area (Å²) in [7, 11) is -2.08. The summed E-state index contributed by atoms with van der Waals surface area (Å²) in [4.78, 5) is 0. The van der Waals surface area contributed by atoms with Crippen molar-refractivity contribution in [1.82, 2.24) is 0 Å². The Morgan fingerprint density at radius 1 is 1.18 bits per heavy atom. The van der Waals surface area contributed by atoms with E-state index in [1.165, 1.54) is 0 Å². The number of hydrogen-bond donors (Lipinski definition) is 0. The van der Waals surface area contributed by atoms with E-state index in [9.17, 15) is 17.3 Å². The van der Waals surface area contributed by atoms with Gasteiger partial charge in [-0.25, -0.2) is 4.58 Å². The van der Waals surface area contributed by atoms with Crippen molar-refractivity contribution in [2.24, 2.45) is 0 Å². The second-order valence-corrected chi connectivity index (χ2v) is 1.84. The SMILES string of the molecule is C=CC=[N+](C)C.F[B-](F)(F)F. The fourth-order valence-electron chi connectivity index (χ4n) is 0.211. The molecule has 0 amide bonds. The number of halogens is 4. The molecule has 0 aromatic heterocycles. The third kappa shape index (κ3) is 98.8.